The first kappa shape index (κ1) is 9.62. The van der Waals surface area contributed by atoms with E-state index in [0.29, 0.717) is 0 Å². The van der Waals surface area contributed by atoms with Gasteiger partial charge in [-0.1, -0.05) is 54.7 Å². The fourth-order valence-electron chi connectivity index (χ4n) is 3.66. The van der Waals surface area contributed by atoms with E-state index in [1.807, 2.05) is 0 Å². The van der Waals surface area contributed by atoms with Crippen LogP contribution in [0.1, 0.15) is 11.1 Å². The molecule has 1 heteroatoms. The van der Waals surface area contributed by atoms with E-state index in [2.05, 4.69) is 60.8 Å². The maximum Gasteiger partial charge on any atom is 0.125 e. The molecular formula is C18H12O. The molecule has 90 valence electrons. The quantitative estimate of drug-likeness (QED) is 0.678. The van der Waals surface area contributed by atoms with Gasteiger partial charge >= 0.3 is 0 Å². The van der Waals surface area contributed by atoms with Gasteiger partial charge in [0.25, 0.3) is 0 Å². The van der Waals surface area contributed by atoms with Crippen molar-refractivity contribution in [2.24, 2.45) is 0 Å². The fourth-order valence-corrected chi connectivity index (χ4v) is 3.66. The first-order valence-corrected chi connectivity index (χ1v) is 6.66. The fraction of sp³-hybridized carbons (Fsp3) is 0.111. The molecule has 4 aliphatic rings. The van der Waals surface area contributed by atoms with Crippen LogP contribution in [0.5, 0.6) is 5.75 Å². The molecule has 1 aromatic rings. The highest BCUT2D eigenvalue weighted by molar-refractivity contribution is 5.74. The third-order valence-corrected chi connectivity index (χ3v) is 4.56. The van der Waals surface area contributed by atoms with E-state index in [0.717, 1.165) is 12.4 Å². The van der Waals surface area contributed by atoms with Gasteiger partial charge in [0.1, 0.15) is 12.4 Å². The maximum absolute atomic E-state index is 6.01. The van der Waals surface area contributed by atoms with Crippen molar-refractivity contribution in [3.63, 3.8) is 0 Å². The Bertz CT molecular complexity index is 862. The van der Waals surface area contributed by atoms with E-state index in [1.165, 1.54) is 27.1 Å². The second-order valence-corrected chi connectivity index (χ2v) is 5.46. The maximum atomic E-state index is 6.01. The molecule has 0 bridgehead atoms. The smallest absolute Gasteiger partial charge is 0.125 e. The average molecular weight is 244 g/mol. The molecular weight excluding hydrogens is 232 g/mol. The zero-order valence-corrected chi connectivity index (χ0v) is 10.4. The van der Waals surface area contributed by atoms with Crippen LogP contribution >= 0.6 is 0 Å². The van der Waals surface area contributed by atoms with Crippen LogP contribution in [-0.2, 0) is 5.41 Å². The molecule has 3 aliphatic carbocycles. The summed E-state index contributed by atoms with van der Waals surface area (Å²) in [5, 5.41) is 2.67. The Morgan fingerprint density at radius 1 is 0.947 bits per heavy atom. The van der Waals surface area contributed by atoms with Crippen molar-refractivity contribution in [1.82, 2.24) is 0 Å². The van der Waals surface area contributed by atoms with Gasteiger partial charge in [-0.15, -0.1) is 0 Å². The Labute approximate surface area is 111 Å². The van der Waals surface area contributed by atoms with Crippen molar-refractivity contribution in [2.75, 3.05) is 6.61 Å². The SMILES string of the molecule is C1=CC2=CC=c3c4c(cc5c3=CC=C5)OC[C@@]24C=C1. The number of allylic oxidation sites excluding steroid dienone is 5. The van der Waals surface area contributed by atoms with Crippen LogP contribution in [0.3, 0.4) is 0 Å². The third kappa shape index (κ3) is 0.988. The number of hydrogen-bond donors (Lipinski definition) is 0. The summed E-state index contributed by atoms with van der Waals surface area (Å²) in [6, 6.07) is 2.19. The standard InChI is InChI=1S/C18H12O/c1-2-9-18-11-19-16-10-12-4-3-6-14(12)15(17(16)18)8-7-13(18)5-1/h1-10H,11H2/t18-/m0/s1. The number of fused-ring (bicyclic) bond motifs is 2. The second kappa shape index (κ2) is 3.00. The highest BCUT2D eigenvalue weighted by Crippen LogP contribution is 2.46. The summed E-state index contributed by atoms with van der Waals surface area (Å²) in [7, 11) is 0. The molecule has 1 atom stereocenters. The van der Waals surface area contributed by atoms with Crippen molar-refractivity contribution >= 4 is 18.2 Å². The first-order valence-electron chi connectivity index (χ1n) is 6.66. The van der Waals surface area contributed by atoms with Crippen molar-refractivity contribution in [1.29, 1.82) is 0 Å². The van der Waals surface area contributed by atoms with Gasteiger partial charge in [-0.25, -0.2) is 0 Å². The van der Waals surface area contributed by atoms with E-state index in [1.54, 1.807) is 0 Å². The van der Waals surface area contributed by atoms with Gasteiger partial charge in [0, 0.05) is 5.56 Å². The van der Waals surface area contributed by atoms with Crippen molar-refractivity contribution in [2.45, 2.75) is 5.41 Å². The van der Waals surface area contributed by atoms with Gasteiger partial charge in [0.2, 0.25) is 0 Å². The van der Waals surface area contributed by atoms with E-state index >= 15 is 0 Å². The molecule has 0 saturated heterocycles. The summed E-state index contributed by atoms with van der Waals surface area (Å²) in [6.45, 7) is 0.725. The topological polar surface area (TPSA) is 9.23 Å². The van der Waals surface area contributed by atoms with Crippen molar-refractivity contribution in [3.05, 3.63) is 69.7 Å². The van der Waals surface area contributed by atoms with Crippen molar-refractivity contribution in [3.8, 4) is 5.75 Å². The third-order valence-electron chi connectivity index (χ3n) is 4.56. The molecule has 1 spiro atoms. The summed E-state index contributed by atoms with van der Waals surface area (Å²) in [4.78, 5) is 0. The highest BCUT2D eigenvalue weighted by Gasteiger charge is 2.44. The largest absolute Gasteiger partial charge is 0.492 e. The minimum atomic E-state index is -0.0559. The number of ether oxygens (including phenoxy) is 1. The molecule has 1 aliphatic heterocycles. The van der Waals surface area contributed by atoms with Gasteiger partial charge in [-0.2, -0.15) is 0 Å². The molecule has 0 saturated carbocycles. The molecule has 0 aromatic heterocycles. The zero-order valence-electron chi connectivity index (χ0n) is 10.4. The van der Waals surface area contributed by atoms with E-state index in [4.69, 9.17) is 4.74 Å². The predicted molar refractivity (Wildman–Crippen MR) is 77.2 cm³/mol. The molecule has 19 heavy (non-hydrogen) atoms. The molecule has 0 amide bonds. The number of rotatable bonds is 0. The Morgan fingerprint density at radius 2 is 1.95 bits per heavy atom. The van der Waals surface area contributed by atoms with Crippen LogP contribution < -0.4 is 15.2 Å². The first-order chi connectivity index (χ1) is 9.38. The van der Waals surface area contributed by atoms with Gasteiger partial charge in [-0.3, -0.25) is 0 Å². The molecule has 1 heterocycles. The van der Waals surface area contributed by atoms with Gasteiger partial charge in [-0.05, 0) is 27.6 Å². The Kier molecular flexibility index (Phi) is 1.52. The lowest BCUT2D eigenvalue weighted by Crippen LogP contribution is -2.40. The Hall–Kier alpha value is -2.28. The highest BCUT2D eigenvalue weighted by atomic mass is 16.5. The summed E-state index contributed by atoms with van der Waals surface area (Å²) in [5.74, 6) is 1.05. The van der Waals surface area contributed by atoms with Crippen LogP contribution in [0.4, 0.5) is 0 Å². The summed E-state index contributed by atoms with van der Waals surface area (Å²) in [6.07, 6.45) is 19.7. The lowest BCUT2D eigenvalue weighted by Gasteiger charge is -2.30. The minimum absolute atomic E-state index is 0.0559. The normalized spacial score (nSPS) is 26.8. The second-order valence-electron chi connectivity index (χ2n) is 5.46. The molecule has 0 radical (unpaired) electrons. The number of hydrogen-bond acceptors (Lipinski definition) is 1. The zero-order chi connectivity index (χ0) is 12.4. The van der Waals surface area contributed by atoms with Crippen LogP contribution in [0.25, 0.3) is 18.2 Å². The molecule has 0 fully saturated rings. The average Bonchev–Trinajstić information content (AvgIpc) is 3.05. The van der Waals surface area contributed by atoms with Crippen LogP contribution in [-0.4, -0.2) is 6.61 Å². The Balaban J connectivity index is 2.01. The lowest BCUT2D eigenvalue weighted by molar-refractivity contribution is 0.316. The van der Waals surface area contributed by atoms with Gasteiger partial charge in [0.05, 0.1) is 5.41 Å². The lowest BCUT2D eigenvalue weighted by atomic mass is 9.70. The summed E-state index contributed by atoms with van der Waals surface area (Å²) >= 11 is 0. The monoisotopic (exact) mass is 244 g/mol. The van der Waals surface area contributed by atoms with Crippen LogP contribution in [0, 0.1) is 0 Å². The van der Waals surface area contributed by atoms with Crippen LogP contribution in [0.2, 0.25) is 0 Å². The molecule has 5 rings (SSSR count). The molecule has 0 N–H and O–H groups in total. The van der Waals surface area contributed by atoms with Gasteiger partial charge in [0.15, 0.2) is 0 Å². The Morgan fingerprint density at radius 3 is 2.95 bits per heavy atom. The van der Waals surface area contributed by atoms with Crippen LogP contribution in [0.15, 0.2) is 48.1 Å². The molecule has 1 aromatic carbocycles. The van der Waals surface area contributed by atoms with E-state index in [-0.39, 0.29) is 5.41 Å². The number of benzene rings is 1. The van der Waals surface area contributed by atoms with Crippen molar-refractivity contribution < 1.29 is 4.74 Å². The minimum Gasteiger partial charge on any atom is -0.492 e. The van der Waals surface area contributed by atoms with Gasteiger partial charge < -0.3 is 4.74 Å². The summed E-state index contributed by atoms with van der Waals surface area (Å²) < 4.78 is 6.01. The molecule has 1 nitrogen and oxygen atoms in total. The van der Waals surface area contributed by atoms with E-state index < -0.39 is 0 Å². The molecule has 0 unspecified atom stereocenters. The predicted octanol–water partition coefficient (Wildman–Crippen LogP) is 1.97. The van der Waals surface area contributed by atoms with E-state index in [9.17, 15) is 0 Å². The summed E-state index contributed by atoms with van der Waals surface area (Å²) in [5.41, 5.74) is 3.91.